The molecule has 23 heteroatoms. The maximum absolute atomic E-state index is 11.3. The number of pyridine rings is 3. The van der Waals surface area contributed by atoms with Gasteiger partial charge in [0.1, 0.15) is 0 Å². The molecule has 0 aliphatic carbocycles. The van der Waals surface area contributed by atoms with Crippen molar-refractivity contribution in [2.75, 3.05) is 21.3 Å². The average molecular weight is 997 g/mol. The first-order valence-electron chi connectivity index (χ1n) is 16.4. The van der Waals surface area contributed by atoms with Crippen molar-refractivity contribution < 1.29 is 33.7 Å². The van der Waals surface area contributed by atoms with Crippen molar-refractivity contribution in [2.45, 2.75) is 73.9 Å². The number of carbonyl (C=O) groups excluding carboxylic acids is 3. The van der Waals surface area contributed by atoms with Gasteiger partial charge in [-0.25, -0.2) is 0 Å². The minimum atomic E-state index is -0.257. The highest BCUT2D eigenvalue weighted by molar-refractivity contribution is 8.65. The molecule has 3 heterocycles. The monoisotopic (exact) mass is 996 g/mol. The van der Waals surface area contributed by atoms with Gasteiger partial charge in [-0.05, 0) is 65.6 Å². The molecule has 0 aromatic carbocycles. The molecule has 3 aromatic heterocycles. The highest BCUT2D eigenvalue weighted by atomic mass is 35.5. The lowest BCUT2D eigenvalue weighted by atomic mass is 10.0. The minimum Gasteiger partial charge on any atom is -0.469 e. The van der Waals surface area contributed by atoms with E-state index in [1.807, 2.05) is 25.1 Å². The highest BCUT2D eigenvalue weighted by Gasteiger charge is 2.16. The summed E-state index contributed by atoms with van der Waals surface area (Å²) >= 11 is 5.71. The van der Waals surface area contributed by atoms with E-state index in [1.54, 1.807) is 50.6 Å². The molecule has 0 bridgehead atoms. The summed E-state index contributed by atoms with van der Waals surface area (Å²) in [6, 6.07) is 10.9. The third-order valence-corrected chi connectivity index (χ3v) is 6.96. The van der Waals surface area contributed by atoms with E-state index in [9.17, 15) is 14.4 Å². The Hall–Kier alpha value is -0.710. The number of rotatable bonds is 13. The second kappa shape index (κ2) is 44.3. The Labute approximate surface area is 371 Å². The largest absolute Gasteiger partial charge is 0.469 e. The number of aromatic nitrogens is 3. The number of carbonyl (C=O) groups is 3. The molecule has 0 saturated heterocycles. The van der Waals surface area contributed by atoms with E-state index in [0.717, 1.165) is 41.7 Å². The van der Waals surface area contributed by atoms with E-state index in [2.05, 4.69) is 102 Å². The molecular weight excluding hydrogens is 931 g/mol. The topological polar surface area (TPSA) is 187 Å². The van der Waals surface area contributed by atoms with Gasteiger partial charge in [-0.3, -0.25) is 29.3 Å². The molecule has 0 fully saturated rings. The van der Waals surface area contributed by atoms with Crippen LogP contribution in [-0.4, -0.2) is 59.3 Å². The number of aliphatic hydroxyl groups is 1. The van der Waals surface area contributed by atoms with Crippen molar-refractivity contribution in [3.8, 4) is 0 Å². The van der Waals surface area contributed by atoms with Crippen LogP contribution >= 0.6 is 89.0 Å². The molecule has 1 N–H and O–H groups in total. The van der Waals surface area contributed by atoms with Crippen LogP contribution in [0.25, 0.3) is 10.4 Å². The lowest BCUT2D eigenvalue weighted by molar-refractivity contribution is -0.145. The van der Waals surface area contributed by atoms with E-state index in [-0.39, 0.29) is 64.1 Å². The number of alkyl halides is 1. The van der Waals surface area contributed by atoms with Crippen LogP contribution in [0.3, 0.4) is 0 Å². The van der Waals surface area contributed by atoms with Gasteiger partial charge in [0, 0.05) is 65.7 Å². The lowest BCUT2D eigenvalue weighted by Crippen LogP contribution is -2.15. The van der Waals surface area contributed by atoms with Crippen molar-refractivity contribution in [1.82, 2.24) is 15.0 Å². The predicted molar refractivity (Wildman–Crippen MR) is 272 cm³/mol. The van der Waals surface area contributed by atoms with E-state index in [4.69, 9.17) is 22.2 Å². The fraction of sp³-hybridized carbons (Fsp3) is 0.486. The number of esters is 3. The third-order valence-electron chi connectivity index (χ3n) is 6.65. The average Bonchev–Trinajstić information content (AvgIpc) is 3.20. The van der Waals surface area contributed by atoms with E-state index >= 15 is 0 Å². The molecular formula is C35H66ClN6O7P9. The van der Waals surface area contributed by atoms with Crippen LogP contribution in [0, 0.1) is 17.8 Å². The zero-order valence-electron chi connectivity index (χ0n) is 32.6. The van der Waals surface area contributed by atoms with Crippen LogP contribution in [0.1, 0.15) is 69.4 Å². The fourth-order valence-corrected chi connectivity index (χ4v) is 4.27. The van der Waals surface area contributed by atoms with Gasteiger partial charge in [-0.1, -0.05) is 48.7 Å². The molecule has 10 atom stereocenters. The van der Waals surface area contributed by atoms with Crippen LogP contribution < -0.4 is 0 Å². The fourth-order valence-electron chi connectivity index (χ4n) is 4.11. The maximum atomic E-state index is 11.3. The summed E-state index contributed by atoms with van der Waals surface area (Å²) in [6.07, 6.45) is 6.60. The van der Waals surface area contributed by atoms with Gasteiger partial charge in [0.2, 0.25) is 0 Å². The Balaban J connectivity index is -0.000000216. The molecule has 58 heavy (non-hydrogen) atoms. The summed E-state index contributed by atoms with van der Waals surface area (Å²) in [6.45, 7) is 5.80. The number of aliphatic hydroxyl groups excluding tert-OH is 1. The van der Waals surface area contributed by atoms with Crippen molar-refractivity contribution in [1.29, 1.82) is 0 Å². The van der Waals surface area contributed by atoms with Crippen molar-refractivity contribution >= 4 is 107 Å². The predicted octanol–water partition coefficient (Wildman–Crippen LogP) is 10.3. The van der Waals surface area contributed by atoms with Crippen molar-refractivity contribution in [3.05, 3.63) is 99.2 Å². The summed E-state index contributed by atoms with van der Waals surface area (Å²) in [4.78, 5) is 48.8. The van der Waals surface area contributed by atoms with Gasteiger partial charge in [0.05, 0.1) is 52.2 Å². The Kier molecular flexibility index (Phi) is 50.8. The summed E-state index contributed by atoms with van der Waals surface area (Å²) in [5, 5.41) is 12.4. The standard InChI is InChI=1S/C11H14ClNO2.C11H14N4O2.C11H15NO3.2CH4.H6P4.H5P3.H4P2/c1-8(11(14)15-2)5-10-6-9(7-12)3-4-13-10;1-8(11(16)17-2)5-10-6-9(3-4-13-10)7-14-15-12;1-8(11(14)15-2)5-10-6-9(7-13)3-4-12-10;;;1-4(2)3;1-3-2;1-2/h3-4,6,8H,5,7H2,1-2H3;3-4,6,8H,5,7H2,1-2H3;3-4,6,8,13H,5,7H2,1-2H3;2*1H4;1-3H2;3H,1-2H2;1-2H2/t3*8-;;;;;/m000...../s1. The first-order chi connectivity index (χ1) is 26.7. The molecule has 3 aromatic rings. The van der Waals surface area contributed by atoms with Crippen LogP contribution in [0.5, 0.6) is 0 Å². The van der Waals surface area contributed by atoms with Gasteiger partial charge in [0.15, 0.2) is 0 Å². The molecule has 0 spiro atoms. The molecule has 13 nitrogen and oxygen atoms in total. The van der Waals surface area contributed by atoms with Crippen molar-refractivity contribution in [2.24, 2.45) is 22.9 Å². The first-order valence-corrected chi connectivity index (χ1v) is 30.4. The second-order valence-electron chi connectivity index (χ2n) is 11.1. The van der Waals surface area contributed by atoms with E-state index in [0.29, 0.717) is 31.7 Å². The molecule has 330 valence electrons. The van der Waals surface area contributed by atoms with E-state index in [1.165, 1.54) is 21.3 Å². The molecule has 7 unspecified atom stereocenters. The molecule has 0 aliphatic rings. The maximum Gasteiger partial charge on any atom is 0.308 e. The molecule has 0 saturated carbocycles. The molecule has 0 amide bonds. The molecule has 3 rings (SSSR count). The van der Waals surface area contributed by atoms with Gasteiger partial charge in [-0.2, -0.15) is 0 Å². The summed E-state index contributed by atoms with van der Waals surface area (Å²) in [7, 11) is 22.8. The molecule has 0 aliphatic heterocycles. The quantitative estimate of drug-likeness (QED) is 0.0328. The second-order valence-corrected chi connectivity index (χ2v) is 27.4. The lowest BCUT2D eigenvalue weighted by Gasteiger charge is -2.08. The Morgan fingerprint density at radius 3 is 1.34 bits per heavy atom. The van der Waals surface area contributed by atoms with Gasteiger partial charge >= 0.3 is 17.9 Å². The normalized spacial score (nSPS) is 10.7. The van der Waals surface area contributed by atoms with Crippen molar-refractivity contribution in [3.63, 3.8) is 0 Å². The summed E-state index contributed by atoms with van der Waals surface area (Å²) in [5.74, 6) is -0.874. The number of methoxy groups -OCH3 is 3. The van der Waals surface area contributed by atoms with Crippen LogP contribution in [0.15, 0.2) is 60.1 Å². The number of hydrogen-bond donors (Lipinski definition) is 1. The third kappa shape index (κ3) is 36.0. The van der Waals surface area contributed by atoms with Gasteiger partial charge < -0.3 is 19.3 Å². The minimum absolute atomic E-state index is 0. The number of nitrogens with zero attached hydrogens (tertiary/aromatic N) is 6. The number of ether oxygens (including phenoxy) is 3. The Morgan fingerprint density at radius 1 is 0.759 bits per heavy atom. The van der Waals surface area contributed by atoms with E-state index < -0.39 is 0 Å². The Morgan fingerprint density at radius 2 is 1.05 bits per heavy atom. The summed E-state index contributed by atoms with van der Waals surface area (Å²) in [5.41, 5.74) is 13.4. The number of azide groups is 1. The van der Waals surface area contributed by atoms with Gasteiger partial charge in [-0.15, -0.1) is 74.1 Å². The SMILES string of the molecule is C.C.COC(=O)[C@@H](C)Cc1cc(CCl)ccn1.COC(=O)[C@@H](C)Cc1cc(CN=[N+]=[N-])ccn1.COC(=O)[C@@H](C)Cc1cc(CO)ccn1.PP.PP(P)P.PPP. The number of hydrogen-bond acceptors (Lipinski definition) is 11. The molecule has 0 radical (unpaired) electrons. The first kappa shape index (κ1) is 66.4. The van der Waals surface area contributed by atoms with Gasteiger partial charge in [0.25, 0.3) is 0 Å². The van der Waals surface area contributed by atoms with Crippen LogP contribution in [0.4, 0.5) is 0 Å². The highest BCUT2D eigenvalue weighted by Crippen LogP contribution is 2.59. The zero-order valence-corrected chi connectivity index (χ0v) is 43.4. The smallest absolute Gasteiger partial charge is 0.308 e. The van der Waals surface area contributed by atoms with Crippen LogP contribution in [-0.2, 0) is 66.9 Å². The van der Waals surface area contributed by atoms with Crippen LogP contribution in [0.2, 0.25) is 0 Å². The number of halogens is 1. The summed E-state index contributed by atoms with van der Waals surface area (Å²) < 4.78 is 13.9. The Bertz CT molecular complexity index is 1500. The zero-order chi connectivity index (χ0) is 43.5.